The van der Waals surface area contributed by atoms with Crippen LogP contribution in [0.1, 0.15) is 18.7 Å². The molecule has 1 atom stereocenters. The lowest BCUT2D eigenvalue weighted by molar-refractivity contribution is 0.356. The Morgan fingerprint density at radius 3 is 2.66 bits per heavy atom. The first-order valence-corrected chi connectivity index (χ1v) is 9.75. The average Bonchev–Trinajstić information content (AvgIpc) is 3.45. The van der Waals surface area contributed by atoms with Gasteiger partial charge in [-0.3, -0.25) is 0 Å². The van der Waals surface area contributed by atoms with Crippen molar-refractivity contribution in [2.75, 3.05) is 12.8 Å². The summed E-state index contributed by atoms with van der Waals surface area (Å²) >= 11 is 0. The first-order valence-electron chi connectivity index (χ1n) is 9.75. The van der Waals surface area contributed by atoms with E-state index in [1.807, 2.05) is 17.7 Å². The summed E-state index contributed by atoms with van der Waals surface area (Å²) in [5.41, 5.74) is 8.87. The van der Waals surface area contributed by atoms with Crippen LogP contribution in [0, 0.1) is 5.82 Å². The molecular weight excluding hydrogens is 413 g/mol. The summed E-state index contributed by atoms with van der Waals surface area (Å²) in [5.74, 6) is 0.882. The van der Waals surface area contributed by atoms with Crippen molar-refractivity contribution in [3.8, 4) is 28.4 Å². The first-order chi connectivity index (χ1) is 15.6. The van der Waals surface area contributed by atoms with Gasteiger partial charge < -0.3 is 19.6 Å². The van der Waals surface area contributed by atoms with E-state index in [0.29, 0.717) is 51.0 Å². The first kappa shape index (κ1) is 19.6. The van der Waals surface area contributed by atoms with Crippen LogP contribution in [0.5, 0.6) is 5.88 Å². The predicted molar refractivity (Wildman–Crippen MR) is 115 cm³/mol. The summed E-state index contributed by atoms with van der Waals surface area (Å²) < 4.78 is 26.7. The summed E-state index contributed by atoms with van der Waals surface area (Å²) in [6, 6.07) is 7.81. The number of fused-ring (bicyclic) bond motifs is 1. The van der Waals surface area contributed by atoms with E-state index in [9.17, 15) is 4.39 Å². The monoisotopic (exact) mass is 431 g/mol. The second kappa shape index (κ2) is 7.73. The molecule has 0 spiro atoms. The summed E-state index contributed by atoms with van der Waals surface area (Å²) in [6.45, 7) is 1.92. The molecular formula is C22H18FN7O2. The molecule has 0 fully saturated rings. The van der Waals surface area contributed by atoms with Gasteiger partial charge in [-0.15, -0.1) is 0 Å². The van der Waals surface area contributed by atoms with Crippen molar-refractivity contribution in [1.29, 1.82) is 0 Å². The fourth-order valence-corrected chi connectivity index (χ4v) is 3.58. The Balaban J connectivity index is 1.60. The molecule has 4 aromatic heterocycles. The van der Waals surface area contributed by atoms with E-state index in [1.165, 1.54) is 25.7 Å². The molecule has 1 aromatic carbocycles. The minimum atomic E-state index is -0.368. The zero-order chi connectivity index (χ0) is 22.2. The Morgan fingerprint density at radius 1 is 1.06 bits per heavy atom. The van der Waals surface area contributed by atoms with Crippen molar-refractivity contribution in [2.24, 2.45) is 0 Å². The Kier molecular flexibility index (Phi) is 4.74. The van der Waals surface area contributed by atoms with Crippen molar-refractivity contribution >= 4 is 16.9 Å². The van der Waals surface area contributed by atoms with Gasteiger partial charge in [0.15, 0.2) is 5.76 Å². The number of rotatable bonds is 5. The largest absolute Gasteiger partial charge is 0.480 e. The molecule has 4 heterocycles. The summed E-state index contributed by atoms with van der Waals surface area (Å²) in [7, 11) is 1.52. The molecule has 5 aromatic rings. The second-order valence-corrected chi connectivity index (χ2v) is 7.12. The van der Waals surface area contributed by atoms with Crippen molar-refractivity contribution in [3.05, 3.63) is 66.8 Å². The summed E-state index contributed by atoms with van der Waals surface area (Å²) in [6.07, 6.45) is 6.39. The highest BCUT2D eigenvalue weighted by Crippen LogP contribution is 2.35. The van der Waals surface area contributed by atoms with Gasteiger partial charge in [0.05, 0.1) is 36.6 Å². The maximum atomic E-state index is 14.2. The maximum Gasteiger partial charge on any atom is 0.232 e. The highest BCUT2D eigenvalue weighted by molar-refractivity contribution is 5.99. The van der Waals surface area contributed by atoms with Gasteiger partial charge >= 0.3 is 0 Å². The number of anilines is 1. The number of nitrogens with zero attached hydrogens (tertiary/aromatic N) is 6. The molecule has 0 radical (unpaired) electrons. The predicted octanol–water partition coefficient (Wildman–Crippen LogP) is 3.88. The highest BCUT2D eigenvalue weighted by Gasteiger charge is 2.23. The Bertz CT molecular complexity index is 1410. The maximum absolute atomic E-state index is 14.2. The van der Waals surface area contributed by atoms with Crippen molar-refractivity contribution in [1.82, 2.24) is 29.7 Å². The quantitative estimate of drug-likeness (QED) is 0.445. The van der Waals surface area contributed by atoms with Crippen LogP contribution in [0.2, 0.25) is 0 Å². The third-order valence-electron chi connectivity index (χ3n) is 5.26. The lowest BCUT2D eigenvalue weighted by Gasteiger charge is -2.11. The van der Waals surface area contributed by atoms with E-state index in [4.69, 9.17) is 15.0 Å². The number of methoxy groups -OCH3 is 1. The summed E-state index contributed by atoms with van der Waals surface area (Å²) in [4.78, 5) is 17.2. The molecule has 32 heavy (non-hydrogen) atoms. The third-order valence-corrected chi connectivity index (χ3v) is 5.26. The van der Waals surface area contributed by atoms with Gasteiger partial charge in [-0.05, 0) is 19.1 Å². The number of hydrogen-bond acceptors (Lipinski definition) is 8. The van der Waals surface area contributed by atoms with Crippen LogP contribution in [-0.4, -0.2) is 36.8 Å². The van der Waals surface area contributed by atoms with E-state index in [0.717, 1.165) is 0 Å². The van der Waals surface area contributed by atoms with Gasteiger partial charge in [-0.25, -0.2) is 24.3 Å². The molecule has 2 N–H and O–H groups in total. The molecule has 0 aliphatic carbocycles. The Hall–Kier alpha value is -4.34. The number of nitrogens with two attached hydrogens (primary N) is 1. The lowest BCUT2D eigenvalue weighted by atomic mass is 10.1. The minimum absolute atomic E-state index is 0.318. The SMILES string of the molecule is COc1cnc(-c2cn(C(C)c3cc(-c4ccccc4F)no3)c3ncnc(N)c23)cn1. The van der Waals surface area contributed by atoms with Crippen LogP contribution in [0.15, 0.2) is 59.8 Å². The number of benzene rings is 1. The number of aromatic nitrogens is 6. The molecule has 9 nitrogen and oxygen atoms in total. The molecule has 0 aliphatic rings. The second-order valence-electron chi connectivity index (χ2n) is 7.12. The van der Waals surface area contributed by atoms with E-state index in [-0.39, 0.29) is 11.9 Å². The molecule has 5 rings (SSSR count). The zero-order valence-electron chi connectivity index (χ0n) is 17.2. The number of ether oxygens (including phenoxy) is 1. The van der Waals surface area contributed by atoms with Gasteiger partial charge in [0.1, 0.15) is 29.3 Å². The fraction of sp³-hybridized carbons (Fsp3) is 0.136. The molecule has 10 heteroatoms. The number of hydrogen-bond donors (Lipinski definition) is 1. The van der Waals surface area contributed by atoms with Crippen LogP contribution < -0.4 is 10.5 Å². The normalized spacial score (nSPS) is 12.2. The minimum Gasteiger partial charge on any atom is -0.480 e. The Morgan fingerprint density at radius 2 is 1.91 bits per heavy atom. The van der Waals surface area contributed by atoms with Gasteiger partial charge in [0.25, 0.3) is 0 Å². The van der Waals surface area contributed by atoms with E-state index >= 15 is 0 Å². The highest BCUT2D eigenvalue weighted by atomic mass is 19.1. The number of halogens is 1. The van der Waals surface area contributed by atoms with E-state index < -0.39 is 0 Å². The van der Waals surface area contributed by atoms with Crippen LogP contribution >= 0.6 is 0 Å². The van der Waals surface area contributed by atoms with Gasteiger partial charge in [0.2, 0.25) is 5.88 Å². The number of nitrogen functional groups attached to an aromatic ring is 1. The fourth-order valence-electron chi connectivity index (χ4n) is 3.58. The Labute approximate surface area is 181 Å². The topological polar surface area (TPSA) is 118 Å². The summed E-state index contributed by atoms with van der Waals surface area (Å²) in [5, 5.41) is 4.70. The molecule has 1 unspecified atom stereocenters. The van der Waals surface area contributed by atoms with Crippen LogP contribution in [0.25, 0.3) is 33.5 Å². The van der Waals surface area contributed by atoms with Crippen LogP contribution in [0.3, 0.4) is 0 Å². The van der Waals surface area contributed by atoms with Crippen molar-refractivity contribution in [3.63, 3.8) is 0 Å². The molecule has 0 amide bonds. The molecule has 0 bridgehead atoms. The molecule has 0 saturated heterocycles. The lowest BCUT2D eigenvalue weighted by Crippen LogP contribution is -2.05. The van der Waals surface area contributed by atoms with Crippen molar-refractivity contribution < 1.29 is 13.7 Å². The van der Waals surface area contributed by atoms with Crippen molar-refractivity contribution in [2.45, 2.75) is 13.0 Å². The van der Waals surface area contributed by atoms with Gasteiger partial charge in [-0.2, -0.15) is 0 Å². The van der Waals surface area contributed by atoms with Crippen LogP contribution in [0.4, 0.5) is 10.2 Å². The molecule has 160 valence electrons. The van der Waals surface area contributed by atoms with Crippen LogP contribution in [-0.2, 0) is 0 Å². The molecule has 0 aliphatic heterocycles. The average molecular weight is 431 g/mol. The van der Waals surface area contributed by atoms with Gasteiger partial charge in [-0.1, -0.05) is 17.3 Å². The third kappa shape index (κ3) is 3.22. The zero-order valence-corrected chi connectivity index (χ0v) is 17.2. The smallest absolute Gasteiger partial charge is 0.232 e. The standard InChI is InChI=1S/C22H18FN7O2/c1-12(18-7-16(29-32-18)13-5-3-4-6-15(13)23)30-10-14(17-8-26-19(31-2)9-25-17)20-21(24)27-11-28-22(20)30/h3-12H,1-2H3,(H2,24,27,28). The molecule has 0 saturated carbocycles. The van der Waals surface area contributed by atoms with E-state index in [1.54, 1.807) is 30.5 Å². The van der Waals surface area contributed by atoms with E-state index in [2.05, 4.69) is 25.1 Å². The van der Waals surface area contributed by atoms with Gasteiger partial charge in [0, 0.05) is 23.4 Å².